The van der Waals surface area contributed by atoms with Crippen LogP contribution in [0.2, 0.25) is 0 Å². The number of hydrogen-bond acceptors (Lipinski definition) is 0. The van der Waals surface area contributed by atoms with Gasteiger partial charge in [-0.05, 0) is 36.8 Å². The first-order valence-corrected chi connectivity index (χ1v) is 7.61. The summed E-state index contributed by atoms with van der Waals surface area (Å²) in [6.07, 6.45) is 14.0. The van der Waals surface area contributed by atoms with E-state index in [2.05, 4.69) is 38.2 Å². The molecule has 102 valence electrons. The van der Waals surface area contributed by atoms with Gasteiger partial charge in [-0.3, -0.25) is 0 Å². The van der Waals surface area contributed by atoms with Gasteiger partial charge in [0.1, 0.15) is 0 Å². The highest BCUT2D eigenvalue weighted by Crippen LogP contribution is 2.33. The molecule has 18 heavy (non-hydrogen) atoms. The Bertz CT molecular complexity index is 312. The summed E-state index contributed by atoms with van der Waals surface area (Å²) in [4.78, 5) is 0. The summed E-state index contributed by atoms with van der Waals surface area (Å²) in [7, 11) is 0. The maximum atomic E-state index is 2.30. The lowest BCUT2D eigenvalue weighted by Gasteiger charge is -2.06. The molecule has 2 aliphatic rings. The van der Waals surface area contributed by atoms with Crippen LogP contribution < -0.4 is 0 Å². The molecule has 0 atom stereocenters. The van der Waals surface area contributed by atoms with Crippen molar-refractivity contribution in [3.05, 3.63) is 46.6 Å². The standard InChI is InChI=1S/C14H18.2C2H6/c1-3-11-5-7-13(9-11)14-8-6-12(4-2)10-14;2*1-2/h5-8H,3-4,9-10H2,1-2H3;2*1-2H3. The van der Waals surface area contributed by atoms with Gasteiger partial charge >= 0.3 is 0 Å². The molecule has 2 rings (SSSR count). The molecule has 0 heterocycles. The van der Waals surface area contributed by atoms with Gasteiger partial charge in [0.2, 0.25) is 0 Å². The fourth-order valence-corrected chi connectivity index (χ4v) is 2.09. The molecule has 0 amide bonds. The van der Waals surface area contributed by atoms with Crippen molar-refractivity contribution in [3.63, 3.8) is 0 Å². The second kappa shape index (κ2) is 9.94. The highest BCUT2D eigenvalue weighted by atomic mass is 14.2. The van der Waals surface area contributed by atoms with Crippen molar-refractivity contribution >= 4 is 0 Å². The van der Waals surface area contributed by atoms with Gasteiger partial charge in [-0.1, -0.05) is 77.0 Å². The lowest BCUT2D eigenvalue weighted by atomic mass is 9.99. The normalized spacial score (nSPS) is 16.6. The van der Waals surface area contributed by atoms with Crippen molar-refractivity contribution in [3.8, 4) is 0 Å². The van der Waals surface area contributed by atoms with Crippen LogP contribution in [0.15, 0.2) is 46.6 Å². The summed E-state index contributed by atoms with van der Waals surface area (Å²) >= 11 is 0. The van der Waals surface area contributed by atoms with Gasteiger partial charge in [0, 0.05) is 0 Å². The van der Waals surface area contributed by atoms with Crippen molar-refractivity contribution < 1.29 is 0 Å². The zero-order valence-corrected chi connectivity index (χ0v) is 13.1. The van der Waals surface area contributed by atoms with Crippen molar-refractivity contribution in [2.24, 2.45) is 0 Å². The fourth-order valence-electron chi connectivity index (χ4n) is 2.09. The molecule has 0 aromatic rings. The number of rotatable bonds is 3. The fraction of sp³-hybridized carbons (Fsp3) is 0.556. The Balaban J connectivity index is 0.000000659. The first-order chi connectivity index (χ1) is 8.83. The molecular formula is C18H30. The van der Waals surface area contributed by atoms with Gasteiger partial charge in [-0.2, -0.15) is 0 Å². The van der Waals surface area contributed by atoms with Crippen molar-refractivity contribution in [1.82, 2.24) is 0 Å². The molecule has 0 heteroatoms. The van der Waals surface area contributed by atoms with E-state index >= 15 is 0 Å². The predicted molar refractivity (Wildman–Crippen MR) is 84.8 cm³/mol. The summed E-state index contributed by atoms with van der Waals surface area (Å²) in [6, 6.07) is 0. The molecule has 0 aromatic heterocycles. The first kappa shape index (κ1) is 17.0. The van der Waals surface area contributed by atoms with Crippen LogP contribution in [0.25, 0.3) is 0 Å². The highest BCUT2D eigenvalue weighted by Gasteiger charge is 2.14. The quantitative estimate of drug-likeness (QED) is 0.542. The number of hydrogen-bond donors (Lipinski definition) is 0. The van der Waals surface area contributed by atoms with Gasteiger partial charge in [-0.25, -0.2) is 0 Å². The van der Waals surface area contributed by atoms with Crippen molar-refractivity contribution in [1.29, 1.82) is 0 Å². The first-order valence-electron chi connectivity index (χ1n) is 7.61. The topological polar surface area (TPSA) is 0 Å². The summed E-state index contributed by atoms with van der Waals surface area (Å²) in [5, 5.41) is 0. The lowest BCUT2D eigenvalue weighted by molar-refractivity contribution is 0.980. The smallest absolute Gasteiger partial charge is 0.00612 e. The third-order valence-corrected chi connectivity index (χ3v) is 3.20. The van der Waals surface area contributed by atoms with E-state index in [-0.39, 0.29) is 0 Å². The Labute approximate surface area is 114 Å². The van der Waals surface area contributed by atoms with Gasteiger partial charge in [-0.15, -0.1) is 0 Å². The zero-order chi connectivity index (χ0) is 14.0. The van der Waals surface area contributed by atoms with Crippen LogP contribution in [0.1, 0.15) is 67.2 Å². The minimum Gasteiger partial charge on any atom is -0.0683 e. The summed E-state index contributed by atoms with van der Waals surface area (Å²) < 4.78 is 0. The predicted octanol–water partition coefficient (Wildman–Crippen LogP) is 6.37. The number of allylic oxidation sites excluding steroid dienone is 8. The molecule has 0 saturated carbocycles. The molecule has 2 aliphatic carbocycles. The third kappa shape index (κ3) is 4.68. The Morgan fingerprint density at radius 3 is 1.22 bits per heavy atom. The Morgan fingerprint density at radius 1 is 0.667 bits per heavy atom. The zero-order valence-electron chi connectivity index (χ0n) is 13.1. The summed E-state index contributed by atoms with van der Waals surface area (Å²) in [5.41, 5.74) is 6.24. The van der Waals surface area contributed by atoms with Crippen molar-refractivity contribution in [2.45, 2.75) is 67.2 Å². The van der Waals surface area contributed by atoms with E-state index in [4.69, 9.17) is 0 Å². The average molecular weight is 246 g/mol. The SMILES string of the molecule is CC.CC.CCC1=CC=C(C2=CC=C(CC)C2)C1. The van der Waals surface area contributed by atoms with Gasteiger partial charge in [0.05, 0.1) is 0 Å². The monoisotopic (exact) mass is 246 g/mol. The molecule has 0 N–H and O–H groups in total. The molecule has 0 saturated heterocycles. The minimum absolute atomic E-state index is 1.19. The van der Waals surface area contributed by atoms with Crippen LogP contribution in [0.5, 0.6) is 0 Å². The van der Waals surface area contributed by atoms with Crippen molar-refractivity contribution in [2.75, 3.05) is 0 Å². The molecule has 0 spiro atoms. The van der Waals surface area contributed by atoms with Crippen LogP contribution in [-0.2, 0) is 0 Å². The Kier molecular flexibility index (Phi) is 9.36. The van der Waals surface area contributed by atoms with E-state index in [1.807, 2.05) is 27.7 Å². The Hall–Kier alpha value is -1.04. The molecule has 0 nitrogen and oxygen atoms in total. The molecule has 0 aliphatic heterocycles. The van der Waals surface area contributed by atoms with Gasteiger partial charge in [0.15, 0.2) is 0 Å². The lowest BCUT2D eigenvalue weighted by Crippen LogP contribution is -1.87. The molecule has 0 fully saturated rings. The van der Waals surface area contributed by atoms with Crippen LogP contribution in [0.4, 0.5) is 0 Å². The Morgan fingerprint density at radius 2 is 1.00 bits per heavy atom. The van der Waals surface area contributed by atoms with E-state index in [0.717, 1.165) is 0 Å². The molecule has 0 aromatic carbocycles. The van der Waals surface area contributed by atoms with Crippen LogP contribution in [-0.4, -0.2) is 0 Å². The molecule has 0 bridgehead atoms. The maximum Gasteiger partial charge on any atom is -0.00612 e. The van der Waals surface area contributed by atoms with Crippen LogP contribution in [0.3, 0.4) is 0 Å². The largest absolute Gasteiger partial charge is 0.0683 e. The van der Waals surface area contributed by atoms with E-state index in [1.165, 1.54) is 25.7 Å². The van der Waals surface area contributed by atoms with Gasteiger partial charge < -0.3 is 0 Å². The highest BCUT2D eigenvalue weighted by molar-refractivity contribution is 5.49. The van der Waals surface area contributed by atoms with Crippen LogP contribution >= 0.6 is 0 Å². The maximum absolute atomic E-state index is 2.30. The average Bonchev–Trinajstić information content (AvgIpc) is 3.11. The molecule has 0 radical (unpaired) electrons. The summed E-state index contributed by atoms with van der Waals surface area (Å²) in [6.45, 7) is 12.5. The minimum atomic E-state index is 1.19. The van der Waals surface area contributed by atoms with E-state index in [0.29, 0.717) is 0 Å². The third-order valence-electron chi connectivity index (χ3n) is 3.20. The van der Waals surface area contributed by atoms with E-state index in [1.54, 1.807) is 22.3 Å². The van der Waals surface area contributed by atoms with Crippen LogP contribution in [0, 0.1) is 0 Å². The van der Waals surface area contributed by atoms with Gasteiger partial charge in [0.25, 0.3) is 0 Å². The summed E-state index contributed by atoms with van der Waals surface area (Å²) in [5.74, 6) is 0. The molecule has 0 unspecified atom stereocenters. The van der Waals surface area contributed by atoms with E-state index < -0.39 is 0 Å². The van der Waals surface area contributed by atoms with E-state index in [9.17, 15) is 0 Å². The second-order valence-electron chi connectivity index (χ2n) is 4.09. The molecular weight excluding hydrogens is 216 g/mol. The second-order valence-corrected chi connectivity index (χ2v) is 4.09.